The van der Waals surface area contributed by atoms with Gasteiger partial charge in [0.25, 0.3) is 11.2 Å². The molecule has 0 aliphatic rings. The highest BCUT2D eigenvalue weighted by Crippen LogP contribution is 2.18. The molecule has 110 valence electrons. The van der Waals surface area contributed by atoms with Gasteiger partial charge < -0.3 is 10.3 Å². The number of rotatable bonds is 5. The molecule has 0 bridgehead atoms. The highest BCUT2D eigenvalue weighted by molar-refractivity contribution is 5.57. The first kappa shape index (κ1) is 14.9. The van der Waals surface area contributed by atoms with Gasteiger partial charge in [-0.3, -0.25) is 14.9 Å². The van der Waals surface area contributed by atoms with Crippen LogP contribution in [0.3, 0.4) is 0 Å². The summed E-state index contributed by atoms with van der Waals surface area (Å²) < 4.78 is 0. The maximum atomic E-state index is 11.7. The number of aromatic amines is 1. The Balaban J connectivity index is 2.30. The van der Waals surface area contributed by atoms with Gasteiger partial charge in [-0.05, 0) is 12.1 Å². The zero-order valence-corrected chi connectivity index (χ0v) is 11.8. The van der Waals surface area contributed by atoms with E-state index in [4.69, 9.17) is 0 Å². The van der Waals surface area contributed by atoms with E-state index in [1.807, 2.05) is 13.8 Å². The number of nitro groups is 1. The number of nitro benzene ring substituents is 1. The summed E-state index contributed by atoms with van der Waals surface area (Å²) in [6.07, 6.45) is 0. The van der Waals surface area contributed by atoms with Crippen molar-refractivity contribution in [2.75, 3.05) is 0 Å². The number of aromatic nitrogens is 2. The van der Waals surface area contributed by atoms with Crippen molar-refractivity contribution in [1.29, 1.82) is 0 Å². The van der Waals surface area contributed by atoms with Crippen molar-refractivity contribution >= 4 is 5.69 Å². The van der Waals surface area contributed by atoms with Gasteiger partial charge in [-0.15, -0.1) is 0 Å². The summed E-state index contributed by atoms with van der Waals surface area (Å²) in [4.78, 5) is 28.8. The molecule has 1 heterocycles. The minimum atomic E-state index is -0.469. The summed E-state index contributed by atoms with van der Waals surface area (Å²) in [5.41, 5.74) is 1.00. The van der Waals surface area contributed by atoms with Crippen molar-refractivity contribution < 1.29 is 4.92 Å². The normalized spacial score (nSPS) is 10.8. The number of nitrogens with zero attached hydrogens (tertiary/aromatic N) is 2. The molecule has 0 saturated carbocycles. The Morgan fingerprint density at radius 1 is 1.33 bits per heavy atom. The highest BCUT2D eigenvalue weighted by Gasteiger charge is 2.08. The van der Waals surface area contributed by atoms with Crippen molar-refractivity contribution in [2.45, 2.75) is 26.4 Å². The van der Waals surface area contributed by atoms with Crippen LogP contribution in [0, 0.1) is 10.1 Å². The largest absolute Gasteiger partial charge is 0.309 e. The average Bonchev–Trinajstić information content (AvgIpc) is 2.44. The molecule has 0 aliphatic heterocycles. The fourth-order valence-electron chi connectivity index (χ4n) is 1.78. The van der Waals surface area contributed by atoms with Crippen LogP contribution in [0.5, 0.6) is 0 Å². The molecular weight excluding hydrogens is 272 g/mol. The van der Waals surface area contributed by atoms with Crippen molar-refractivity contribution in [2.24, 2.45) is 0 Å². The number of nitrogens with one attached hydrogen (secondary N) is 2. The first-order chi connectivity index (χ1) is 9.95. The van der Waals surface area contributed by atoms with Crippen LogP contribution < -0.4 is 10.9 Å². The van der Waals surface area contributed by atoms with E-state index in [0.717, 1.165) is 0 Å². The predicted molar refractivity (Wildman–Crippen MR) is 78.9 cm³/mol. The molecule has 7 nitrogen and oxygen atoms in total. The Kier molecular flexibility index (Phi) is 4.44. The molecule has 0 atom stereocenters. The van der Waals surface area contributed by atoms with Crippen LogP contribution in [0.4, 0.5) is 5.69 Å². The summed E-state index contributed by atoms with van der Waals surface area (Å²) in [7, 11) is 0. The van der Waals surface area contributed by atoms with E-state index >= 15 is 0 Å². The average molecular weight is 288 g/mol. The summed E-state index contributed by atoms with van der Waals surface area (Å²) >= 11 is 0. The number of benzene rings is 1. The second kappa shape index (κ2) is 6.27. The number of hydrogen-bond acceptors (Lipinski definition) is 5. The highest BCUT2D eigenvalue weighted by atomic mass is 16.6. The third-order valence-electron chi connectivity index (χ3n) is 2.84. The quantitative estimate of drug-likeness (QED) is 0.645. The van der Waals surface area contributed by atoms with Gasteiger partial charge >= 0.3 is 0 Å². The lowest BCUT2D eigenvalue weighted by molar-refractivity contribution is -0.384. The van der Waals surface area contributed by atoms with E-state index in [-0.39, 0.29) is 17.3 Å². The molecule has 0 spiro atoms. The molecule has 0 aliphatic carbocycles. The van der Waals surface area contributed by atoms with Gasteiger partial charge in [0.1, 0.15) is 5.82 Å². The molecular formula is C14H16N4O3. The predicted octanol–water partition coefficient (Wildman–Crippen LogP) is 1.84. The van der Waals surface area contributed by atoms with Crippen molar-refractivity contribution in [3.63, 3.8) is 0 Å². The van der Waals surface area contributed by atoms with Crippen LogP contribution in [0.1, 0.15) is 19.5 Å². The first-order valence-corrected chi connectivity index (χ1v) is 6.54. The molecule has 0 fully saturated rings. The molecule has 0 saturated heterocycles. The lowest BCUT2D eigenvalue weighted by Gasteiger charge is -2.08. The molecule has 7 heteroatoms. The van der Waals surface area contributed by atoms with Crippen LogP contribution in [-0.2, 0) is 6.54 Å². The topological polar surface area (TPSA) is 101 Å². The van der Waals surface area contributed by atoms with Gasteiger partial charge in [0.2, 0.25) is 0 Å². The lowest BCUT2D eigenvalue weighted by atomic mass is 10.2. The van der Waals surface area contributed by atoms with Gasteiger partial charge in [0.15, 0.2) is 0 Å². The Morgan fingerprint density at radius 3 is 2.57 bits per heavy atom. The van der Waals surface area contributed by atoms with Crippen molar-refractivity contribution in [3.8, 4) is 11.4 Å². The SMILES string of the molecule is CC(C)NCc1cc(=O)[nH]c(-c2ccc([N+](=O)[O-])cc2)n1. The van der Waals surface area contributed by atoms with Crippen LogP contribution in [0.15, 0.2) is 35.1 Å². The first-order valence-electron chi connectivity index (χ1n) is 6.54. The molecule has 21 heavy (non-hydrogen) atoms. The maximum Gasteiger partial charge on any atom is 0.269 e. The van der Waals surface area contributed by atoms with E-state index in [1.54, 1.807) is 12.1 Å². The third kappa shape index (κ3) is 3.96. The molecule has 1 aromatic carbocycles. The van der Waals surface area contributed by atoms with E-state index in [9.17, 15) is 14.9 Å². The minimum absolute atomic E-state index is 0.00118. The molecule has 2 aromatic rings. The second-order valence-electron chi connectivity index (χ2n) is 4.92. The zero-order valence-electron chi connectivity index (χ0n) is 11.8. The fraction of sp³-hybridized carbons (Fsp3) is 0.286. The second-order valence-corrected chi connectivity index (χ2v) is 4.92. The molecule has 0 unspecified atom stereocenters. The lowest BCUT2D eigenvalue weighted by Crippen LogP contribution is -2.24. The third-order valence-corrected chi connectivity index (χ3v) is 2.84. The van der Waals surface area contributed by atoms with Crippen LogP contribution >= 0.6 is 0 Å². The fourth-order valence-corrected chi connectivity index (χ4v) is 1.78. The number of H-pyrrole nitrogens is 1. The molecule has 2 rings (SSSR count). The molecule has 0 radical (unpaired) electrons. The van der Waals surface area contributed by atoms with Crippen LogP contribution in [0.2, 0.25) is 0 Å². The van der Waals surface area contributed by atoms with Crippen molar-refractivity contribution in [1.82, 2.24) is 15.3 Å². The summed E-state index contributed by atoms with van der Waals surface area (Å²) in [6, 6.07) is 7.62. The van der Waals surface area contributed by atoms with Gasteiger partial charge in [-0.25, -0.2) is 4.98 Å². The summed E-state index contributed by atoms with van der Waals surface area (Å²) in [5.74, 6) is 0.401. The summed E-state index contributed by atoms with van der Waals surface area (Å²) in [6.45, 7) is 4.50. The Morgan fingerprint density at radius 2 is 2.00 bits per heavy atom. The monoisotopic (exact) mass is 288 g/mol. The van der Waals surface area contributed by atoms with Gasteiger partial charge in [-0.2, -0.15) is 0 Å². The van der Waals surface area contributed by atoms with Crippen molar-refractivity contribution in [3.05, 3.63) is 56.5 Å². The maximum absolute atomic E-state index is 11.7. The van der Waals surface area contributed by atoms with Gasteiger partial charge in [-0.1, -0.05) is 13.8 Å². The zero-order chi connectivity index (χ0) is 15.4. The summed E-state index contributed by atoms with van der Waals surface area (Å²) in [5, 5.41) is 13.8. The van der Waals surface area contributed by atoms with Gasteiger partial charge in [0.05, 0.1) is 10.6 Å². The minimum Gasteiger partial charge on any atom is -0.309 e. The van der Waals surface area contributed by atoms with Crippen LogP contribution in [0.25, 0.3) is 11.4 Å². The van der Waals surface area contributed by atoms with E-state index < -0.39 is 4.92 Å². The molecule has 0 amide bonds. The van der Waals surface area contributed by atoms with E-state index in [1.165, 1.54) is 18.2 Å². The van der Waals surface area contributed by atoms with E-state index in [2.05, 4.69) is 15.3 Å². The Labute approximate surface area is 121 Å². The Bertz CT molecular complexity index is 692. The van der Waals surface area contributed by atoms with E-state index in [0.29, 0.717) is 23.6 Å². The van der Waals surface area contributed by atoms with Crippen LogP contribution in [-0.4, -0.2) is 20.9 Å². The standard InChI is InChI=1S/C14H16N4O3/c1-9(2)15-8-11-7-13(19)17-14(16-11)10-3-5-12(6-4-10)18(20)21/h3-7,9,15H,8H2,1-2H3,(H,16,17,19). The number of non-ortho nitro benzene ring substituents is 1. The smallest absolute Gasteiger partial charge is 0.269 e. The van der Waals surface area contributed by atoms with Gasteiger partial charge in [0, 0.05) is 36.3 Å². The molecule has 2 N–H and O–H groups in total. The molecule has 1 aromatic heterocycles. The number of hydrogen-bond donors (Lipinski definition) is 2. The Hall–Kier alpha value is -2.54.